The zero-order valence-corrected chi connectivity index (χ0v) is 39.1. The Balaban J connectivity index is 1.01. The second-order valence-electron chi connectivity index (χ2n) is 19.5. The lowest BCUT2D eigenvalue weighted by atomic mass is 9.83. The minimum Gasteiger partial charge on any atom is -0.456 e. The van der Waals surface area contributed by atoms with Gasteiger partial charge in [0.05, 0.1) is 22.1 Å². The summed E-state index contributed by atoms with van der Waals surface area (Å²) in [5.74, 6) is 1.13. The monoisotopic (exact) mass is 898 g/mol. The number of aromatic nitrogens is 2. The molecule has 3 aromatic heterocycles. The molecule has 0 saturated heterocycles. The summed E-state index contributed by atoms with van der Waals surface area (Å²) in [6, 6.07) is 71.8. The van der Waals surface area contributed by atoms with Gasteiger partial charge in [-0.3, -0.25) is 0 Å². The Kier molecular flexibility index (Phi) is 9.52. The fraction of sp³-hybridized carbons (Fsp3) is 0.104. The van der Waals surface area contributed by atoms with Gasteiger partial charge in [0.15, 0.2) is 0 Å². The number of furan rings is 1. The average molecular weight is 899 g/mol. The molecule has 12 aromatic rings. The summed E-state index contributed by atoms with van der Waals surface area (Å²) < 4.78 is 11.8. The van der Waals surface area contributed by atoms with Crippen LogP contribution in [0.2, 0.25) is 0 Å². The van der Waals surface area contributed by atoms with E-state index in [1.807, 2.05) is 0 Å². The first-order valence-electron chi connectivity index (χ1n) is 25.0. The van der Waals surface area contributed by atoms with E-state index in [1.54, 1.807) is 0 Å². The molecule has 0 bridgehead atoms. The smallest absolute Gasteiger partial charge is 0.135 e. The summed E-state index contributed by atoms with van der Waals surface area (Å²) in [6.07, 6.45) is 17.2. The third-order valence-electron chi connectivity index (χ3n) is 15.4. The molecule has 3 heterocycles. The van der Waals surface area contributed by atoms with Crippen LogP contribution in [0.3, 0.4) is 0 Å². The molecule has 0 N–H and O–H groups in total. The molecular weight excluding hydrogens is 849 g/mol. The molecule has 3 unspecified atom stereocenters. The molecule has 9 aromatic carbocycles. The number of allylic oxidation sites excluding steroid dienone is 6. The van der Waals surface area contributed by atoms with E-state index in [0.717, 1.165) is 46.9 Å². The SMILES string of the molecule is CC1C=CC(c2cc(-c3ccc4oc5ccc(-n6c7c(-c8ccccc8)cccc7c7cccc(C8C=CC=CC8)c76)cc5c4c3)cc3c4cccc(-c5ccccc5)c4n(-c4ccccc4)c23)CC1. The number of para-hydroxylation sites is 4. The highest BCUT2D eigenvalue weighted by atomic mass is 16.3. The largest absolute Gasteiger partial charge is 0.456 e. The Morgan fingerprint density at radius 3 is 1.66 bits per heavy atom. The first-order chi connectivity index (χ1) is 34.6. The van der Waals surface area contributed by atoms with Gasteiger partial charge in [0.1, 0.15) is 11.2 Å². The van der Waals surface area contributed by atoms with Gasteiger partial charge < -0.3 is 13.6 Å². The second kappa shape index (κ2) is 16.4. The predicted octanol–water partition coefficient (Wildman–Crippen LogP) is 18.5. The van der Waals surface area contributed by atoms with Crippen LogP contribution in [0.1, 0.15) is 49.1 Å². The second-order valence-corrected chi connectivity index (χ2v) is 19.5. The van der Waals surface area contributed by atoms with Crippen LogP contribution in [0.25, 0.3) is 110 Å². The topological polar surface area (TPSA) is 23.0 Å². The molecule has 2 aliphatic carbocycles. The van der Waals surface area contributed by atoms with Crippen molar-refractivity contribution in [3.8, 4) is 44.8 Å². The van der Waals surface area contributed by atoms with Crippen molar-refractivity contribution in [1.29, 1.82) is 0 Å². The first-order valence-corrected chi connectivity index (χ1v) is 25.0. The van der Waals surface area contributed by atoms with Crippen molar-refractivity contribution in [3.63, 3.8) is 0 Å². The molecular formula is C67H50N2O. The zero-order chi connectivity index (χ0) is 46.3. The molecule has 0 fully saturated rings. The molecule has 70 heavy (non-hydrogen) atoms. The standard InChI is InChI=1S/C67H50N2O/c1-43-31-33-47(34-32-43)58-40-49(41-61-57-30-16-27-54(46-21-10-4-11-22-46)66(57)68(67(58)61)50-23-12-5-13-24-50)48-35-37-62-59(39-48)60-42-51(36-38-63(60)70-62)69-64-52(44-17-6-2-7-18-44)25-14-28-55(64)56-29-15-26-53(65(56)69)45-19-8-3-9-20-45/h2-19,21-31,33,35-43,45,47H,20,32,34H2,1H3. The van der Waals surface area contributed by atoms with Gasteiger partial charge in [-0.05, 0) is 113 Å². The number of fused-ring (bicyclic) bond motifs is 9. The van der Waals surface area contributed by atoms with Gasteiger partial charge in [-0.15, -0.1) is 0 Å². The number of rotatable bonds is 7. The third kappa shape index (κ3) is 6.49. The summed E-state index contributed by atoms with van der Waals surface area (Å²) in [5.41, 5.74) is 19.1. The maximum absolute atomic E-state index is 6.73. The van der Waals surface area contributed by atoms with Gasteiger partial charge in [0.2, 0.25) is 0 Å². The zero-order valence-electron chi connectivity index (χ0n) is 39.1. The van der Waals surface area contributed by atoms with Gasteiger partial charge in [-0.25, -0.2) is 0 Å². The Bertz CT molecular complexity index is 4110. The summed E-state index contributed by atoms with van der Waals surface area (Å²) >= 11 is 0. The van der Waals surface area contributed by atoms with Crippen molar-refractivity contribution >= 4 is 65.6 Å². The summed E-state index contributed by atoms with van der Waals surface area (Å²) in [5, 5.41) is 7.28. The minimum absolute atomic E-state index is 0.277. The van der Waals surface area contributed by atoms with E-state index in [4.69, 9.17) is 4.42 Å². The van der Waals surface area contributed by atoms with Gasteiger partial charge in [0.25, 0.3) is 0 Å². The molecule has 334 valence electrons. The maximum atomic E-state index is 6.73. The molecule has 3 atom stereocenters. The van der Waals surface area contributed by atoms with Crippen molar-refractivity contribution in [2.45, 2.75) is 38.0 Å². The molecule has 0 aliphatic heterocycles. The lowest BCUT2D eigenvalue weighted by molar-refractivity contribution is 0.546. The lowest BCUT2D eigenvalue weighted by Gasteiger charge is -2.23. The third-order valence-corrected chi connectivity index (χ3v) is 15.4. The Hall–Kier alpha value is -8.40. The highest BCUT2D eigenvalue weighted by molar-refractivity contribution is 6.17. The highest BCUT2D eigenvalue weighted by Gasteiger charge is 2.26. The molecule has 3 nitrogen and oxygen atoms in total. The molecule has 0 radical (unpaired) electrons. The number of benzene rings is 9. The Morgan fingerprint density at radius 2 is 0.986 bits per heavy atom. The van der Waals surface area contributed by atoms with Crippen LogP contribution < -0.4 is 0 Å². The van der Waals surface area contributed by atoms with E-state index in [-0.39, 0.29) is 11.8 Å². The number of hydrogen-bond acceptors (Lipinski definition) is 1. The Labute approximate surface area is 407 Å². The Morgan fingerprint density at radius 1 is 0.386 bits per heavy atom. The first kappa shape index (κ1) is 40.6. The summed E-state index contributed by atoms with van der Waals surface area (Å²) in [4.78, 5) is 0. The fourth-order valence-electron chi connectivity index (χ4n) is 12.0. The van der Waals surface area contributed by atoms with Crippen LogP contribution in [0.4, 0.5) is 0 Å². The van der Waals surface area contributed by atoms with Crippen LogP contribution in [-0.4, -0.2) is 9.13 Å². The van der Waals surface area contributed by atoms with E-state index < -0.39 is 0 Å². The van der Waals surface area contributed by atoms with E-state index in [0.29, 0.717) is 5.92 Å². The molecule has 14 rings (SSSR count). The van der Waals surface area contributed by atoms with Crippen molar-refractivity contribution in [3.05, 3.63) is 242 Å². The van der Waals surface area contributed by atoms with E-state index >= 15 is 0 Å². The average Bonchev–Trinajstić information content (AvgIpc) is 4.09. The molecule has 0 spiro atoms. The van der Waals surface area contributed by atoms with Crippen LogP contribution in [-0.2, 0) is 0 Å². The fourth-order valence-corrected chi connectivity index (χ4v) is 12.0. The van der Waals surface area contributed by atoms with E-state index in [9.17, 15) is 0 Å². The van der Waals surface area contributed by atoms with Gasteiger partial charge in [0, 0.05) is 66.7 Å². The maximum Gasteiger partial charge on any atom is 0.135 e. The van der Waals surface area contributed by atoms with E-state index in [2.05, 4.69) is 247 Å². The molecule has 3 heteroatoms. The minimum atomic E-state index is 0.277. The molecule has 0 saturated carbocycles. The quantitative estimate of drug-likeness (QED) is 0.146. The predicted molar refractivity (Wildman–Crippen MR) is 295 cm³/mol. The van der Waals surface area contributed by atoms with Crippen molar-refractivity contribution in [1.82, 2.24) is 9.13 Å². The number of nitrogens with zero attached hydrogens (tertiary/aromatic N) is 2. The number of hydrogen-bond donors (Lipinski definition) is 0. The van der Waals surface area contributed by atoms with Gasteiger partial charge in [-0.2, -0.15) is 0 Å². The van der Waals surface area contributed by atoms with Crippen LogP contribution in [0, 0.1) is 5.92 Å². The van der Waals surface area contributed by atoms with E-state index in [1.165, 1.54) is 93.8 Å². The lowest BCUT2D eigenvalue weighted by Crippen LogP contribution is -2.07. The molecule has 0 amide bonds. The van der Waals surface area contributed by atoms with Gasteiger partial charge >= 0.3 is 0 Å². The van der Waals surface area contributed by atoms with Gasteiger partial charge in [-0.1, -0.05) is 183 Å². The van der Waals surface area contributed by atoms with Crippen LogP contribution in [0.5, 0.6) is 0 Å². The normalized spacial score (nSPS) is 17.0. The summed E-state index contributed by atoms with van der Waals surface area (Å²) in [7, 11) is 0. The van der Waals surface area contributed by atoms with Crippen LogP contribution >= 0.6 is 0 Å². The van der Waals surface area contributed by atoms with Crippen LogP contribution in [0.15, 0.2) is 235 Å². The van der Waals surface area contributed by atoms with Crippen molar-refractivity contribution < 1.29 is 4.42 Å². The summed E-state index contributed by atoms with van der Waals surface area (Å²) in [6.45, 7) is 2.34. The highest BCUT2D eigenvalue weighted by Crippen LogP contribution is 2.47. The molecule has 2 aliphatic rings. The van der Waals surface area contributed by atoms with Crippen molar-refractivity contribution in [2.24, 2.45) is 5.92 Å². The van der Waals surface area contributed by atoms with Crippen molar-refractivity contribution in [2.75, 3.05) is 0 Å².